The topological polar surface area (TPSA) is 113 Å². The maximum Gasteiger partial charge on any atom is 0.331 e. The van der Waals surface area contributed by atoms with Gasteiger partial charge in [-0.3, -0.25) is 34.7 Å². The molecule has 0 aromatic heterocycles. The molecule has 0 aliphatic carbocycles. The van der Waals surface area contributed by atoms with Gasteiger partial charge in [0.1, 0.15) is 12.0 Å². The van der Waals surface area contributed by atoms with E-state index in [4.69, 9.17) is 0 Å². The summed E-state index contributed by atoms with van der Waals surface area (Å²) in [5.41, 5.74) is 0. The first-order valence-corrected chi connectivity index (χ1v) is 6.47. The van der Waals surface area contributed by atoms with E-state index in [1.807, 2.05) is 6.92 Å². The van der Waals surface area contributed by atoms with Gasteiger partial charge in [0.05, 0.1) is 0 Å². The van der Waals surface area contributed by atoms with Gasteiger partial charge in [-0.1, -0.05) is 13.3 Å². The number of carbonyl (C=O) groups is 5. The van der Waals surface area contributed by atoms with E-state index < -0.39 is 41.6 Å². The lowest BCUT2D eigenvalue weighted by Crippen LogP contribution is -2.65. The number of piperidine rings is 1. The van der Waals surface area contributed by atoms with Crippen molar-refractivity contribution in [3.05, 3.63) is 0 Å². The van der Waals surface area contributed by atoms with Crippen molar-refractivity contribution in [3.63, 3.8) is 0 Å². The van der Waals surface area contributed by atoms with E-state index >= 15 is 0 Å². The van der Waals surface area contributed by atoms with Gasteiger partial charge in [0, 0.05) is 6.42 Å². The van der Waals surface area contributed by atoms with Gasteiger partial charge >= 0.3 is 6.03 Å². The molecule has 2 unspecified atom stereocenters. The van der Waals surface area contributed by atoms with E-state index in [9.17, 15) is 24.0 Å². The molecule has 0 saturated carbocycles. The first-order chi connectivity index (χ1) is 9.45. The van der Waals surface area contributed by atoms with Crippen LogP contribution in [0.5, 0.6) is 0 Å². The maximum absolute atomic E-state index is 12.2. The summed E-state index contributed by atoms with van der Waals surface area (Å²) in [4.78, 5) is 59.3. The van der Waals surface area contributed by atoms with Crippen molar-refractivity contribution in [2.75, 3.05) is 0 Å². The van der Waals surface area contributed by atoms with E-state index in [1.54, 1.807) is 0 Å². The van der Waals surface area contributed by atoms with Gasteiger partial charge in [-0.15, -0.1) is 0 Å². The fourth-order valence-corrected chi connectivity index (χ4v) is 2.40. The molecule has 8 nitrogen and oxygen atoms in total. The first-order valence-electron chi connectivity index (χ1n) is 6.47. The molecular formula is C12H15N3O5. The van der Waals surface area contributed by atoms with Crippen LogP contribution in [0.25, 0.3) is 0 Å². The number of imide groups is 3. The molecule has 2 aliphatic heterocycles. The zero-order valence-corrected chi connectivity index (χ0v) is 11.0. The smallest absolute Gasteiger partial charge is 0.295 e. The molecule has 0 bridgehead atoms. The number of hydrogen-bond acceptors (Lipinski definition) is 5. The molecular weight excluding hydrogens is 266 g/mol. The fraction of sp³-hybridized carbons (Fsp3) is 0.583. The van der Waals surface area contributed by atoms with Gasteiger partial charge in [-0.2, -0.15) is 0 Å². The molecule has 2 rings (SSSR count). The SMILES string of the molecule is CCCC1C(=O)NC(=O)N(C2CCC(=O)NC2=O)C1=O. The van der Waals surface area contributed by atoms with Crippen LogP contribution in [0, 0.1) is 5.92 Å². The van der Waals surface area contributed by atoms with Gasteiger partial charge in [0.25, 0.3) is 0 Å². The van der Waals surface area contributed by atoms with Gasteiger partial charge in [0.2, 0.25) is 23.6 Å². The van der Waals surface area contributed by atoms with Crippen molar-refractivity contribution < 1.29 is 24.0 Å². The summed E-state index contributed by atoms with van der Waals surface area (Å²) >= 11 is 0. The number of hydrogen-bond donors (Lipinski definition) is 2. The highest BCUT2D eigenvalue weighted by atomic mass is 16.2. The third-order valence-corrected chi connectivity index (χ3v) is 3.40. The molecule has 2 atom stereocenters. The lowest BCUT2D eigenvalue weighted by molar-refractivity contribution is -0.150. The van der Waals surface area contributed by atoms with Crippen molar-refractivity contribution in [1.29, 1.82) is 0 Å². The number of nitrogens with one attached hydrogen (secondary N) is 2. The number of barbiturate groups is 1. The average Bonchev–Trinajstić information content (AvgIpc) is 2.37. The number of carbonyl (C=O) groups excluding carboxylic acids is 5. The molecule has 20 heavy (non-hydrogen) atoms. The Hall–Kier alpha value is -2.25. The summed E-state index contributed by atoms with van der Waals surface area (Å²) in [6.07, 6.45) is 1.04. The predicted octanol–water partition coefficient (Wildman–Crippen LogP) is -0.714. The van der Waals surface area contributed by atoms with E-state index in [-0.39, 0.29) is 12.8 Å². The van der Waals surface area contributed by atoms with Crippen LogP contribution in [0.1, 0.15) is 32.6 Å². The van der Waals surface area contributed by atoms with Crippen LogP contribution in [0.15, 0.2) is 0 Å². The van der Waals surface area contributed by atoms with Gasteiger partial charge < -0.3 is 0 Å². The van der Waals surface area contributed by atoms with Crippen LogP contribution in [0.3, 0.4) is 0 Å². The Morgan fingerprint density at radius 3 is 2.40 bits per heavy atom. The van der Waals surface area contributed by atoms with Gasteiger partial charge in [-0.05, 0) is 12.8 Å². The number of amides is 6. The Balaban J connectivity index is 2.23. The standard InChI is InChI=1S/C12H15N3O5/c1-2-3-6-9(17)14-12(20)15(11(6)19)7-4-5-8(16)13-10(7)18/h6-7H,2-5H2,1H3,(H,13,16,18)(H,14,17,20). The van der Waals surface area contributed by atoms with Crippen LogP contribution in [-0.4, -0.2) is 40.6 Å². The molecule has 2 saturated heterocycles. The van der Waals surface area contributed by atoms with Crippen molar-refractivity contribution in [2.45, 2.75) is 38.6 Å². The quantitative estimate of drug-likeness (QED) is 0.524. The zero-order chi connectivity index (χ0) is 14.9. The highest BCUT2D eigenvalue weighted by Gasteiger charge is 2.46. The third-order valence-electron chi connectivity index (χ3n) is 3.40. The molecule has 0 spiro atoms. The Morgan fingerprint density at radius 1 is 1.10 bits per heavy atom. The summed E-state index contributed by atoms with van der Waals surface area (Å²) in [6, 6.07) is -1.94. The molecule has 0 aromatic rings. The number of rotatable bonds is 3. The second-order valence-electron chi connectivity index (χ2n) is 4.81. The first kappa shape index (κ1) is 14.2. The molecule has 8 heteroatoms. The van der Waals surface area contributed by atoms with Gasteiger partial charge in [0.15, 0.2) is 0 Å². The van der Waals surface area contributed by atoms with Crippen molar-refractivity contribution >= 4 is 29.7 Å². The molecule has 108 valence electrons. The number of urea groups is 1. The molecule has 2 heterocycles. The lowest BCUT2D eigenvalue weighted by Gasteiger charge is -2.36. The van der Waals surface area contributed by atoms with Crippen LogP contribution < -0.4 is 10.6 Å². The second-order valence-corrected chi connectivity index (χ2v) is 4.81. The van der Waals surface area contributed by atoms with Gasteiger partial charge in [-0.25, -0.2) is 4.79 Å². The summed E-state index contributed by atoms with van der Waals surface area (Å²) in [5, 5.41) is 4.18. The lowest BCUT2D eigenvalue weighted by atomic mass is 9.96. The average molecular weight is 281 g/mol. The van der Waals surface area contributed by atoms with Crippen LogP contribution >= 0.6 is 0 Å². The van der Waals surface area contributed by atoms with Crippen LogP contribution in [-0.2, 0) is 19.2 Å². The van der Waals surface area contributed by atoms with E-state index in [2.05, 4.69) is 10.6 Å². The highest BCUT2D eigenvalue weighted by Crippen LogP contribution is 2.21. The normalized spacial score (nSPS) is 27.4. The molecule has 0 aromatic carbocycles. The van der Waals surface area contributed by atoms with E-state index in [1.165, 1.54) is 0 Å². The van der Waals surface area contributed by atoms with Crippen LogP contribution in [0.4, 0.5) is 4.79 Å². The molecule has 2 fully saturated rings. The summed E-state index contributed by atoms with van der Waals surface area (Å²) in [7, 11) is 0. The zero-order valence-electron chi connectivity index (χ0n) is 11.0. The second kappa shape index (κ2) is 5.40. The van der Waals surface area contributed by atoms with Crippen LogP contribution in [0.2, 0.25) is 0 Å². The summed E-state index contributed by atoms with van der Waals surface area (Å²) in [5.74, 6) is -3.38. The molecule has 6 amide bonds. The van der Waals surface area contributed by atoms with Crippen molar-refractivity contribution in [2.24, 2.45) is 5.92 Å². The van der Waals surface area contributed by atoms with Crippen molar-refractivity contribution in [3.8, 4) is 0 Å². The monoisotopic (exact) mass is 281 g/mol. The minimum Gasteiger partial charge on any atom is -0.295 e. The molecule has 2 N–H and O–H groups in total. The Kier molecular flexibility index (Phi) is 3.82. The largest absolute Gasteiger partial charge is 0.331 e. The summed E-state index contributed by atoms with van der Waals surface area (Å²) < 4.78 is 0. The third kappa shape index (κ3) is 2.40. The Labute approximate surface area is 114 Å². The number of nitrogens with zero attached hydrogens (tertiary/aromatic N) is 1. The van der Waals surface area contributed by atoms with E-state index in [0.29, 0.717) is 12.8 Å². The Bertz CT molecular complexity index is 501. The molecule has 2 aliphatic rings. The highest BCUT2D eigenvalue weighted by molar-refractivity contribution is 6.18. The summed E-state index contributed by atoms with van der Waals surface area (Å²) in [6.45, 7) is 1.81. The fourth-order valence-electron chi connectivity index (χ4n) is 2.40. The maximum atomic E-state index is 12.2. The van der Waals surface area contributed by atoms with Crippen molar-refractivity contribution in [1.82, 2.24) is 15.5 Å². The minimum atomic E-state index is -1.03. The van der Waals surface area contributed by atoms with E-state index in [0.717, 1.165) is 4.90 Å². The minimum absolute atomic E-state index is 0.0554. The Morgan fingerprint density at radius 2 is 1.80 bits per heavy atom. The predicted molar refractivity (Wildman–Crippen MR) is 65.0 cm³/mol. The molecule has 0 radical (unpaired) electrons.